The van der Waals surface area contributed by atoms with Crippen LogP contribution in [0.15, 0.2) is 30.9 Å². The zero-order valence-corrected chi connectivity index (χ0v) is 11.4. The number of aryl methyl sites for hydroxylation is 2. The Labute approximate surface area is 116 Å². The van der Waals surface area contributed by atoms with Gasteiger partial charge in [-0.2, -0.15) is 0 Å². The number of aromatic nitrogens is 3. The fourth-order valence-corrected chi connectivity index (χ4v) is 1.99. The molecule has 0 atom stereocenters. The second-order valence-corrected chi connectivity index (χ2v) is 4.62. The van der Waals surface area contributed by atoms with E-state index in [1.165, 1.54) is 0 Å². The highest BCUT2D eigenvalue weighted by molar-refractivity contribution is 6.29. The first-order valence-corrected chi connectivity index (χ1v) is 6.41. The van der Waals surface area contributed by atoms with Gasteiger partial charge in [0.1, 0.15) is 5.15 Å². The first-order valence-electron chi connectivity index (χ1n) is 6.03. The summed E-state index contributed by atoms with van der Waals surface area (Å²) in [6, 6.07) is 3.29. The molecule has 0 radical (unpaired) electrons. The molecule has 2 aromatic rings. The van der Waals surface area contributed by atoms with Crippen LogP contribution in [0.2, 0.25) is 5.15 Å². The summed E-state index contributed by atoms with van der Waals surface area (Å²) in [4.78, 5) is 19.9. The second-order valence-electron chi connectivity index (χ2n) is 4.23. The monoisotopic (exact) mass is 278 g/mol. The predicted octanol–water partition coefficient (Wildman–Crippen LogP) is 2.06. The van der Waals surface area contributed by atoms with E-state index in [1.54, 1.807) is 24.7 Å². The molecule has 0 spiro atoms. The molecule has 2 heterocycles. The molecule has 0 bridgehead atoms. The summed E-state index contributed by atoms with van der Waals surface area (Å²) >= 11 is 5.82. The van der Waals surface area contributed by atoms with Crippen molar-refractivity contribution >= 4 is 17.5 Å². The molecule has 0 aliphatic carbocycles. The van der Waals surface area contributed by atoms with E-state index in [9.17, 15) is 4.79 Å². The third kappa shape index (κ3) is 4.06. The maximum atomic E-state index is 11.9. The fourth-order valence-electron chi connectivity index (χ4n) is 1.74. The first kappa shape index (κ1) is 13.5. The number of halogens is 1. The van der Waals surface area contributed by atoms with Crippen LogP contribution in [-0.4, -0.2) is 27.0 Å². The van der Waals surface area contributed by atoms with Gasteiger partial charge in [0.15, 0.2) is 0 Å². The minimum Gasteiger partial charge on any atom is -0.352 e. The molecular weight excluding hydrogens is 264 g/mol. The van der Waals surface area contributed by atoms with Gasteiger partial charge in [-0.25, -0.2) is 9.97 Å². The molecule has 1 N–H and O–H groups in total. The number of pyridine rings is 1. The minimum atomic E-state index is -0.127. The lowest BCUT2D eigenvalue weighted by molar-refractivity contribution is 0.0952. The number of rotatable bonds is 5. The molecule has 6 heteroatoms. The summed E-state index contributed by atoms with van der Waals surface area (Å²) in [6.07, 6.45) is 6.24. The maximum absolute atomic E-state index is 11.9. The molecule has 0 unspecified atom stereocenters. The molecule has 19 heavy (non-hydrogen) atoms. The zero-order chi connectivity index (χ0) is 13.7. The summed E-state index contributed by atoms with van der Waals surface area (Å²) in [6.45, 7) is 3.24. The quantitative estimate of drug-likeness (QED) is 0.673. The van der Waals surface area contributed by atoms with Crippen molar-refractivity contribution in [1.29, 1.82) is 0 Å². The van der Waals surface area contributed by atoms with Gasteiger partial charge in [0.25, 0.3) is 5.91 Å². The average molecular weight is 279 g/mol. The van der Waals surface area contributed by atoms with Gasteiger partial charge in [-0.15, -0.1) is 0 Å². The van der Waals surface area contributed by atoms with Crippen LogP contribution in [0, 0.1) is 6.92 Å². The lowest BCUT2D eigenvalue weighted by atomic mass is 10.2. The summed E-state index contributed by atoms with van der Waals surface area (Å²) in [5.74, 6) is -0.127. The zero-order valence-electron chi connectivity index (χ0n) is 10.6. The van der Waals surface area contributed by atoms with Crippen molar-refractivity contribution in [3.05, 3.63) is 47.3 Å². The maximum Gasteiger partial charge on any atom is 0.251 e. The number of hydrogen-bond acceptors (Lipinski definition) is 3. The van der Waals surface area contributed by atoms with E-state index < -0.39 is 0 Å². The van der Waals surface area contributed by atoms with Crippen molar-refractivity contribution in [2.45, 2.75) is 19.9 Å². The SMILES string of the molecule is Cc1cc(C(=O)NCCCn2ccnc2)cc(Cl)n1. The lowest BCUT2D eigenvalue weighted by Crippen LogP contribution is -2.25. The highest BCUT2D eigenvalue weighted by atomic mass is 35.5. The Balaban J connectivity index is 1.80. The molecule has 100 valence electrons. The van der Waals surface area contributed by atoms with E-state index in [-0.39, 0.29) is 5.91 Å². The van der Waals surface area contributed by atoms with Crippen molar-refractivity contribution in [3.63, 3.8) is 0 Å². The summed E-state index contributed by atoms with van der Waals surface area (Å²) in [5.41, 5.74) is 1.27. The molecule has 0 fully saturated rings. The van der Waals surface area contributed by atoms with Crippen molar-refractivity contribution < 1.29 is 4.79 Å². The molecule has 0 aromatic carbocycles. The third-order valence-electron chi connectivity index (χ3n) is 2.62. The molecular formula is C13H15ClN4O. The second kappa shape index (κ2) is 6.33. The van der Waals surface area contributed by atoms with Gasteiger partial charge in [0.05, 0.1) is 6.33 Å². The van der Waals surface area contributed by atoms with Crippen LogP contribution < -0.4 is 5.32 Å². The Kier molecular flexibility index (Phi) is 4.52. The van der Waals surface area contributed by atoms with Crippen LogP contribution in [0.25, 0.3) is 0 Å². The number of nitrogens with zero attached hydrogens (tertiary/aromatic N) is 3. The van der Waals surface area contributed by atoms with E-state index in [0.717, 1.165) is 18.7 Å². The molecule has 0 saturated heterocycles. The molecule has 2 aromatic heterocycles. The minimum absolute atomic E-state index is 0.127. The molecule has 2 rings (SSSR count). The van der Waals surface area contributed by atoms with Gasteiger partial charge >= 0.3 is 0 Å². The molecule has 0 aliphatic heterocycles. The Bertz CT molecular complexity index is 534. The summed E-state index contributed by atoms with van der Waals surface area (Å²) in [7, 11) is 0. The van der Waals surface area contributed by atoms with E-state index in [4.69, 9.17) is 11.6 Å². The Morgan fingerprint density at radius 2 is 2.32 bits per heavy atom. The van der Waals surface area contributed by atoms with Crippen LogP contribution in [0.4, 0.5) is 0 Å². The van der Waals surface area contributed by atoms with Crippen LogP contribution >= 0.6 is 11.6 Å². The van der Waals surface area contributed by atoms with Crippen molar-refractivity contribution in [2.75, 3.05) is 6.54 Å². The van der Waals surface area contributed by atoms with Gasteiger partial charge in [-0.1, -0.05) is 11.6 Å². The van der Waals surface area contributed by atoms with Crippen LogP contribution in [0.5, 0.6) is 0 Å². The first-order chi connectivity index (χ1) is 9.15. The predicted molar refractivity (Wildman–Crippen MR) is 73.2 cm³/mol. The Morgan fingerprint density at radius 1 is 1.47 bits per heavy atom. The third-order valence-corrected chi connectivity index (χ3v) is 2.82. The van der Waals surface area contributed by atoms with Gasteiger partial charge in [0.2, 0.25) is 0 Å². The molecule has 1 amide bonds. The molecule has 0 aliphatic rings. The topological polar surface area (TPSA) is 59.8 Å². The Hall–Kier alpha value is -1.88. The van der Waals surface area contributed by atoms with Gasteiger partial charge in [-0.3, -0.25) is 4.79 Å². The van der Waals surface area contributed by atoms with Crippen molar-refractivity contribution in [3.8, 4) is 0 Å². The van der Waals surface area contributed by atoms with E-state index >= 15 is 0 Å². The number of imidazole rings is 1. The van der Waals surface area contributed by atoms with Crippen LogP contribution in [0.3, 0.4) is 0 Å². The summed E-state index contributed by atoms with van der Waals surface area (Å²) < 4.78 is 1.97. The van der Waals surface area contributed by atoms with Crippen LogP contribution in [0.1, 0.15) is 22.5 Å². The van der Waals surface area contributed by atoms with E-state index in [1.807, 2.05) is 17.7 Å². The number of amides is 1. The average Bonchev–Trinajstić information content (AvgIpc) is 2.86. The number of nitrogens with one attached hydrogen (secondary N) is 1. The number of carbonyl (C=O) groups is 1. The largest absolute Gasteiger partial charge is 0.352 e. The number of hydrogen-bond donors (Lipinski definition) is 1. The lowest BCUT2D eigenvalue weighted by Gasteiger charge is -2.06. The van der Waals surface area contributed by atoms with E-state index in [0.29, 0.717) is 17.3 Å². The highest BCUT2D eigenvalue weighted by Crippen LogP contribution is 2.10. The summed E-state index contributed by atoms with van der Waals surface area (Å²) in [5, 5.41) is 3.19. The molecule has 0 saturated carbocycles. The van der Waals surface area contributed by atoms with E-state index in [2.05, 4.69) is 15.3 Å². The normalized spacial score (nSPS) is 10.4. The fraction of sp³-hybridized carbons (Fsp3) is 0.308. The highest BCUT2D eigenvalue weighted by Gasteiger charge is 2.07. The Morgan fingerprint density at radius 3 is 3.00 bits per heavy atom. The van der Waals surface area contributed by atoms with Crippen LogP contribution in [-0.2, 0) is 6.54 Å². The van der Waals surface area contributed by atoms with Gasteiger partial charge in [-0.05, 0) is 25.5 Å². The van der Waals surface area contributed by atoms with Crippen molar-refractivity contribution in [2.24, 2.45) is 0 Å². The smallest absolute Gasteiger partial charge is 0.251 e. The van der Waals surface area contributed by atoms with Crippen molar-refractivity contribution in [1.82, 2.24) is 19.9 Å². The van der Waals surface area contributed by atoms with Gasteiger partial charge < -0.3 is 9.88 Å². The standard InChI is InChI=1S/C13H15ClN4O/c1-10-7-11(8-12(14)17-10)13(19)16-3-2-5-18-6-4-15-9-18/h4,6-9H,2-3,5H2,1H3,(H,16,19). The number of carbonyl (C=O) groups excluding carboxylic acids is 1. The molecule has 5 nitrogen and oxygen atoms in total. The van der Waals surface area contributed by atoms with Gasteiger partial charge in [0, 0.05) is 36.7 Å².